The van der Waals surface area contributed by atoms with Crippen LogP contribution in [0.25, 0.3) is 0 Å². The fourth-order valence-corrected chi connectivity index (χ4v) is 6.29. The van der Waals surface area contributed by atoms with E-state index < -0.39 is 35.1 Å². The normalized spacial score (nSPS) is 35.7. The third-order valence-electron chi connectivity index (χ3n) is 7.52. The van der Waals surface area contributed by atoms with Gasteiger partial charge in [-0.15, -0.1) is 0 Å². The summed E-state index contributed by atoms with van der Waals surface area (Å²) in [7, 11) is 3.44. The van der Waals surface area contributed by atoms with Crippen molar-refractivity contribution in [1.29, 1.82) is 0 Å². The van der Waals surface area contributed by atoms with Gasteiger partial charge in [-0.05, 0) is 37.9 Å². The van der Waals surface area contributed by atoms with Crippen LogP contribution in [-0.2, 0) is 14.4 Å². The maximum atomic E-state index is 13.2. The lowest BCUT2D eigenvalue weighted by atomic mass is 9.54. The van der Waals surface area contributed by atoms with Crippen LogP contribution in [0.3, 0.4) is 0 Å². The van der Waals surface area contributed by atoms with Gasteiger partial charge in [-0.25, -0.2) is 0 Å². The molecule has 0 saturated heterocycles. The number of likely N-dealkylation sites (N-methyl/N-ethyl adjacent to an activating group) is 1. The zero-order valence-electron chi connectivity index (χ0n) is 18.0. The monoisotopic (exact) mass is 428 g/mol. The van der Waals surface area contributed by atoms with Crippen LogP contribution in [0.15, 0.2) is 45.6 Å². The average Bonchev–Trinajstić information content (AvgIpc) is 2.67. The van der Waals surface area contributed by atoms with E-state index in [2.05, 4.69) is 0 Å². The molecule has 0 fully saturated rings. The third kappa shape index (κ3) is 2.74. The molecule has 0 aromatic rings. The fraction of sp³-hybridized carbons (Fsp3) is 0.522. The summed E-state index contributed by atoms with van der Waals surface area (Å²) in [5.74, 6) is -5.51. The molecule has 0 aliphatic heterocycles. The number of nitrogens with two attached hydrogens (primary N) is 1. The molecule has 0 spiro atoms. The van der Waals surface area contributed by atoms with Crippen molar-refractivity contribution < 1.29 is 29.7 Å². The van der Waals surface area contributed by atoms with E-state index in [1.165, 1.54) is 0 Å². The van der Waals surface area contributed by atoms with Crippen LogP contribution in [0.2, 0.25) is 0 Å². The Morgan fingerprint density at radius 3 is 2.35 bits per heavy atom. The van der Waals surface area contributed by atoms with Crippen LogP contribution in [0.5, 0.6) is 0 Å². The van der Waals surface area contributed by atoms with Crippen molar-refractivity contribution in [2.75, 3.05) is 14.1 Å². The van der Waals surface area contributed by atoms with Gasteiger partial charge in [0.15, 0.2) is 11.6 Å². The van der Waals surface area contributed by atoms with Crippen LogP contribution < -0.4 is 5.73 Å². The summed E-state index contributed by atoms with van der Waals surface area (Å²) in [5.41, 5.74) is 6.04. The van der Waals surface area contributed by atoms with Crippen LogP contribution in [0, 0.1) is 29.6 Å². The van der Waals surface area contributed by atoms with E-state index in [4.69, 9.17) is 5.73 Å². The summed E-state index contributed by atoms with van der Waals surface area (Å²) >= 11 is 0. The van der Waals surface area contributed by atoms with Gasteiger partial charge in [0.1, 0.15) is 22.9 Å². The highest BCUT2D eigenvalue weighted by molar-refractivity contribution is 6.21. The highest BCUT2D eigenvalue weighted by Gasteiger charge is 2.58. The zero-order chi connectivity index (χ0) is 22.9. The molecule has 0 heterocycles. The molecule has 4 rings (SSSR count). The van der Waals surface area contributed by atoms with E-state index in [0.717, 1.165) is 5.57 Å². The van der Waals surface area contributed by atoms with E-state index in [-0.39, 0.29) is 58.4 Å². The molecule has 8 nitrogen and oxygen atoms in total. The number of hydrogen-bond acceptors (Lipinski definition) is 7. The molecule has 5 N–H and O–H groups in total. The van der Waals surface area contributed by atoms with Crippen molar-refractivity contribution in [2.45, 2.75) is 32.7 Å². The number of carbonyl (C=O) groups excluding carboxylic acids is 3. The first-order valence-electron chi connectivity index (χ1n) is 10.5. The molecule has 31 heavy (non-hydrogen) atoms. The molecule has 6 unspecified atom stereocenters. The number of ketones is 2. The lowest BCUT2D eigenvalue weighted by Crippen LogP contribution is -2.56. The molecule has 6 atom stereocenters. The number of carbonyl (C=O) groups is 3. The summed E-state index contributed by atoms with van der Waals surface area (Å²) in [6.07, 6.45) is 2.83. The van der Waals surface area contributed by atoms with Crippen molar-refractivity contribution in [3.8, 4) is 0 Å². The Morgan fingerprint density at radius 1 is 1.13 bits per heavy atom. The second-order valence-corrected chi connectivity index (χ2v) is 9.27. The van der Waals surface area contributed by atoms with Gasteiger partial charge >= 0.3 is 0 Å². The number of aliphatic hydroxyl groups excluding tert-OH is 3. The SMILES string of the molecule is CC1C2=CCCC(=O)C2=C(O)C2=C(O)C3C(=O)C(C(N)=O)=C(O)C(N(C)C)C3C(C)C21. The fourth-order valence-electron chi connectivity index (χ4n) is 6.29. The lowest BCUT2D eigenvalue weighted by molar-refractivity contribution is -0.128. The molecule has 8 heteroatoms. The molecule has 0 radical (unpaired) electrons. The molecule has 0 aromatic heterocycles. The van der Waals surface area contributed by atoms with E-state index in [9.17, 15) is 29.7 Å². The van der Waals surface area contributed by atoms with Gasteiger partial charge in [-0.2, -0.15) is 0 Å². The minimum absolute atomic E-state index is 0.176. The molecule has 1 amide bonds. The average molecular weight is 428 g/mol. The van der Waals surface area contributed by atoms with E-state index >= 15 is 0 Å². The van der Waals surface area contributed by atoms with Crippen LogP contribution in [0.4, 0.5) is 0 Å². The number of aliphatic hydroxyl groups is 3. The number of hydrogen-bond donors (Lipinski definition) is 4. The van der Waals surface area contributed by atoms with Crippen LogP contribution >= 0.6 is 0 Å². The first-order chi connectivity index (χ1) is 14.5. The minimum Gasteiger partial charge on any atom is -0.511 e. The molecule has 0 bridgehead atoms. The predicted molar refractivity (Wildman–Crippen MR) is 112 cm³/mol. The van der Waals surface area contributed by atoms with Gasteiger partial charge in [0.05, 0.1) is 17.5 Å². The van der Waals surface area contributed by atoms with Gasteiger partial charge < -0.3 is 21.1 Å². The summed E-state index contributed by atoms with van der Waals surface area (Å²) < 4.78 is 0. The number of primary amides is 1. The number of amides is 1. The predicted octanol–water partition coefficient (Wildman–Crippen LogP) is 1.86. The first kappa shape index (κ1) is 21.4. The molecule has 4 aliphatic rings. The van der Waals surface area contributed by atoms with Gasteiger partial charge in [0.25, 0.3) is 5.91 Å². The standard InChI is InChI=1S/C23H28N2O6/c1-8-10-6-5-7-11(26)14(10)19(27)15-12(8)9(2)13-16(20(15)28)21(29)17(23(24)31)22(30)18(13)25(3)4/h6,8-9,12-13,16,18,27-28,30H,5,7H2,1-4H3,(H2,24,31). The Labute approximate surface area is 180 Å². The highest BCUT2D eigenvalue weighted by Crippen LogP contribution is 2.56. The molecule has 0 saturated carbocycles. The van der Waals surface area contributed by atoms with Crippen LogP contribution in [0.1, 0.15) is 26.7 Å². The summed E-state index contributed by atoms with van der Waals surface area (Å²) in [4.78, 5) is 39.5. The Bertz CT molecular complexity index is 1030. The number of fused-ring (bicyclic) bond motifs is 3. The van der Waals surface area contributed by atoms with Crippen molar-refractivity contribution in [3.05, 3.63) is 45.6 Å². The first-order valence-corrected chi connectivity index (χ1v) is 10.5. The zero-order valence-corrected chi connectivity index (χ0v) is 18.0. The minimum atomic E-state index is -1.15. The van der Waals surface area contributed by atoms with E-state index in [1.54, 1.807) is 19.0 Å². The number of allylic oxidation sites excluding steroid dienone is 5. The topological polar surface area (TPSA) is 141 Å². The second kappa shape index (κ2) is 7.09. The van der Waals surface area contributed by atoms with Gasteiger partial charge in [0, 0.05) is 23.8 Å². The smallest absolute Gasteiger partial charge is 0.255 e. The van der Waals surface area contributed by atoms with Crippen molar-refractivity contribution in [3.63, 3.8) is 0 Å². The molecular formula is C23H28N2O6. The number of Topliss-reactive ketones (excluding diaryl/α,β-unsaturated/α-hetero) is 2. The summed E-state index contributed by atoms with van der Waals surface area (Å²) in [6.45, 7) is 3.87. The Hall–Kier alpha value is -2.87. The van der Waals surface area contributed by atoms with Crippen LogP contribution in [-0.4, -0.2) is 57.8 Å². The summed E-state index contributed by atoms with van der Waals surface area (Å²) in [6, 6.07) is -0.717. The lowest BCUT2D eigenvalue weighted by Gasteiger charge is -2.51. The Kier molecular flexibility index (Phi) is 4.88. The number of nitrogens with zero attached hydrogens (tertiary/aromatic N) is 1. The Morgan fingerprint density at radius 2 is 1.77 bits per heavy atom. The molecule has 4 aliphatic carbocycles. The highest BCUT2D eigenvalue weighted by atomic mass is 16.3. The maximum Gasteiger partial charge on any atom is 0.255 e. The van der Waals surface area contributed by atoms with Crippen molar-refractivity contribution in [2.24, 2.45) is 35.3 Å². The molecular weight excluding hydrogens is 400 g/mol. The van der Waals surface area contributed by atoms with E-state index in [1.807, 2.05) is 19.9 Å². The van der Waals surface area contributed by atoms with Crippen molar-refractivity contribution >= 4 is 17.5 Å². The second-order valence-electron chi connectivity index (χ2n) is 9.27. The molecule has 0 aromatic carbocycles. The summed E-state index contributed by atoms with van der Waals surface area (Å²) in [5, 5.41) is 33.2. The van der Waals surface area contributed by atoms with Crippen molar-refractivity contribution in [1.82, 2.24) is 4.90 Å². The third-order valence-corrected chi connectivity index (χ3v) is 7.52. The quantitative estimate of drug-likeness (QED) is 0.492. The van der Waals surface area contributed by atoms with Gasteiger partial charge in [0.2, 0.25) is 0 Å². The molecule has 166 valence electrons. The Balaban J connectivity index is 2.01. The largest absolute Gasteiger partial charge is 0.511 e. The number of rotatable bonds is 2. The van der Waals surface area contributed by atoms with E-state index in [0.29, 0.717) is 6.42 Å². The van der Waals surface area contributed by atoms with Gasteiger partial charge in [-0.3, -0.25) is 19.3 Å². The maximum absolute atomic E-state index is 13.2. The van der Waals surface area contributed by atoms with Gasteiger partial charge in [-0.1, -0.05) is 19.9 Å².